The maximum absolute atomic E-state index is 13.1. The predicted octanol–water partition coefficient (Wildman–Crippen LogP) is 5.66. The monoisotopic (exact) mass is 352 g/mol. The highest BCUT2D eigenvalue weighted by Gasteiger charge is 2.32. The molecule has 0 saturated heterocycles. The van der Waals surface area contributed by atoms with Crippen LogP contribution in [0.25, 0.3) is 0 Å². The van der Waals surface area contributed by atoms with Gasteiger partial charge < -0.3 is 5.11 Å². The first kappa shape index (κ1) is 17.4. The first-order valence-electron chi connectivity index (χ1n) is 8.07. The number of hydrogen-bond acceptors (Lipinski definition) is 2. The quantitative estimate of drug-likeness (QED) is 0.769. The van der Waals surface area contributed by atoms with E-state index in [4.69, 9.17) is 5.11 Å². The molecule has 0 amide bonds. The summed E-state index contributed by atoms with van der Waals surface area (Å²) < 4.78 is 39.3. The summed E-state index contributed by atoms with van der Waals surface area (Å²) in [6.07, 6.45) is -1.39. The Bertz CT molecular complexity index is 712. The van der Waals surface area contributed by atoms with E-state index in [-0.39, 0.29) is 12.5 Å². The van der Waals surface area contributed by atoms with E-state index < -0.39 is 11.7 Å². The van der Waals surface area contributed by atoms with E-state index in [9.17, 15) is 13.2 Å². The third-order valence-electron chi connectivity index (χ3n) is 4.44. The van der Waals surface area contributed by atoms with Crippen molar-refractivity contribution in [3.05, 3.63) is 59.2 Å². The summed E-state index contributed by atoms with van der Waals surface area (Å²) in [6.45, 7) is 0.0640. The smallest absolute Gasteiger partial charge is 0.396 e. The molecule has 1 N–H and O–H groups in total. The van der Waals surface area contributed by atoms with Crippen molar-refractivity contribution in [1.82, 2.24) is 0 Å². The van der Waals surface area contributed by atoms with Crippen LogP contribution in [0.3, 0.4) is 0 Å². The van der Waals surface area contributed by atoms with Crippen LogP contribution in [0.15, 0.2) is 52.3 Å². The normalized spacial score (nSPS) is 17.6. The maximum Gasteiger partial charge on any atom is 0.416 e. The number of halogens is 3. The van der Waals surface area contributed by atoms with Crippen LogP contribution in [0.5, 0.6) is 0 Å². The van der Waals surface area contributed by atoms with Gasteiger partial charge in [0, 0.05) is 16.4 Å². The molecule has 1 nitrogen and oxygen atoms in total. The molecule has 0 fully saturated rings. The Kier molecular flexibility index (Phi) is 5.21. The van der Waals surface area contributed by atoms with Crippen molar-refractivity contribution in [2.24, 2.45) is 0 Å². The van der Waals surface area contributed by atoms with Crippen LogP contribution in [0.1, 0.15) is 41.9 Å². The van der Waals surface area contributed by atoms with Gasteiger partial charge in [0.1, 0.15) is 0 Å². The average Bonchev–Trinajstić information content (AvgIpc) is 2.54. The number of alkyl halides is 3. The summed E-state index contributed by atoms with van der Waals surface area (Å²) in [7, 11) is 0. The molecule has 3 rings (SSSR count). The van der Waals surface area contributed by atoms with E-state index in [1.165, 1.54) is 17.7 Å². The lowest BCUT2D eigenvalue weighted by molar-refractivity contribution is -0.137. The molecule has 1 atom stereocenters. The fourth-order valence-corrected chi connectivity index (χ4v) is 4.35. The Morgan fingerprint density at radius 2 is 1.88 bits per heavy atom. The van der Waals surface area contributed by atoms with Gasteiger partial charge in [0.2, 0.25) is 0 Å². The number of benzene rings is 2. The molecule has 0 spiro atoms. The van der Waals surface area contributed by atoms with E-state index in [0.29, 0.717) is 12.8 Å². The summed E-state index contributed by atoms with van der Waals surface area (Å²) in [5, 5.41) is 9.13. The molecule has 128 valence electrons. The fourth-order valence-electron chi connectivity index (χ4n) is 3.19. The highest BCUT2D eigenvalue weighted by molar-refractivity contribution is 7.99. The van der Waals surface area contributed by atoms with Crippen molar-refractivity contribution in [1.29, 1.82) is 0 Å². The van der Waals surface area contributed by atoms with Crippen LogP contribution < -0.4 is 0 Å². The number of fused-ring (bicyclic) bond motifs is 2. The van der Waals surface area contributed by atoms with Crippen LogP contribution >= 0.6 is 11.8 Å². The Morgan fingerprint density at radius 3 is 2.62 bits per heavy atom. The van der Waals surface area contributed by atoms with Crippen LogP contribution in [0.4, 0.5) is 13.2 Å². The highest BCUT2D eigenvalue weighted by atomic mass is 32.2. The maximum atomic E-state index is 13.1. The van der Waals surface area contributed by atoms with E-state index in [1.54, 1.807) is 17.8 Å². The molecular weight excluding hydrogens is 333 g/mol. The largest absolute Gasteiger partial charge is 0.416 e. The van der Waals surface area contributed by atoms with Crippen LogP contribution in [-0.2, 0) is 12.6 Å². The van der Waals surface area contributed by atoms with Gasteiger partial charge in [0.15, 0.2) is 0 Å². The van der Waals surface area contributed by atoms with Gasteiger partial charge in [-0.2, -0.15) is 13.2 Å². The summed E-state index contributed by atoms with van der Waals surface area (Å²) in [5.74, 6) is 0.0373. The molecule has 1 unspecified atom stereocenters. The molecule has 0 bridgehead atoms. The molecule has 1 aliphatic rings. The number of aryl methyl sites for hydroxylation is 1. The van der Waals surface area contributed by atoms with Crippen LogP contribution in [0, 0.1) is 0 Å². The lowest BCUT2D eigenvalue weighted by atomic mass is 9.87. The number of aliphatic hydroxyl groups is 1. The highest BCUT2D eigenvalue weighted by Crippen LogP contribution is 2.43. The number of aliphatic hydroxyl groups excluding tert-OH is 1. The Balaban J connectivity index is 2.04. The van der Waals surface area contributed by atoms with Gasteiger partial charge in [-0.25, -0.2) is 0 Å². The van der Waals surface area contributed by atoms with Gasteiger partial charge >= 0.3 is 6.18 Å². The van der Waals surface area contributed by atoms with Gasteiger partial charge in [-0.1, -0.05) is 30.0 Å². The Hall–Kier alpha value is -1.46. The van der Waals surface area contributed by atoms with Gasteiger partial charge in [-0.05, 0) is 67.0 Å². The number of rotatable bonds is 3. The zero-order chi connectivity index (χ0) is 17.2. The number of hydrogen-bond donors (Lipinski definition) is 1. The molecule has 24 heavy (non-hydrogen) atoms. The zero-order valence-electron chi connectivity index (χ0n) is 13.1. The average molecular weight is 352 g/mol. The lowest BCUT2D eigenvalue weighted by Gasteiger charge is -2.25. The Labute approximate surface area is 143 Å². The van der Waals surface area contributed by atoms with Crippen LogP contribution in [-0.4, -0.2) is 11.7 Å². The van der Waals surface area contributed by atoms with Crippen molar-refractivity contribution >= 4 is 11.8 Å². The van der Waals surface area contributed by atoms with Gasteiger partial charge in [0.25, 0.3) is 0 Å². The molecule has 0 saturated carbocycles. The van der Waals surface area contributed by atoms with Gasteiger partial charge in [-0.3, -0.25) is 0 Å². The first-order valence-corrected chi connectivity index (χ1v) is 8.88. The zero-order valence-corrected chi connectivity index (χ0v) is 14.0. The minimum atomic E-state index is -4.33. The Morgan fingerprint density at radius 1 is 1.08 bits per heavy atom. The fraction of sp³-hybridized carbons (Fsp3) is 0.368. The van der Waals surface area contributed by atoms with Crippen molar-refractivity contribution in [3.8, 4) is 0 Å². The molecule has 5 heteroatoms. The lowest BCUT2D eigenvalue weighted by Crippen LogP contribution is -2.11. The molecular formula is C19H19F3OS. The molecule has 1 aliphatic heterocycles. The predicted molar refractivity (Wildman–Crippen MR) is 89.4 cm³/mol. The summed E-state index contributed by atoms with van der Waals surface area (Å²) in [5.41, 5.74) is 1.41. The SMILES string of the molecule is OCCCC1CCc2ccccc2Sc2ccc(C(F)(F)F)cc21. The summed E-state index contributed by atoms with van der Waals surface area (Å²) >= 11 is 1.54. The molecule has 0 radical (unpaired) electrons. The van der Waals surface area contributed by atoms with Crippen molar-refractivity contribution in [3.63, 3.8) is 0 Å². The molecule has 2 aromatic rings. The molecule has 0 aliphatic carbocycles. The minimum Gasteiger partial charge on any atom is -0.396 e. The van der Waals surface area contributed by atoms with E-state index in [0.717, 1.165) is 28.2 Å². The van der Waals surface area contributed by atoms with E-state index >= 15 is 0 Å². The standard InChI is InChI=1S/C19H19F3OS/c20-19(21,22)15-9-10-18-16(12-15)13(5-3-11-23)7-8-14-4-1-2-6-17(14)24-18/h1-2,4,6,9-10,12-13,23H,3,5,7-8,11H2. The van der Waals surface area contributed by atoms with Crippen molar-refractivity contribution < 1.29 is 18.3 Å². The molecule has 0 aromatic heterocycles. The van der Waals surface area contributed by atoms with E-state index in [1.807, 2.05) is 18.2 Å². The van der Waals surface area contributed by atoms with Crippen molar-refractivity contribution in [2.75, 3.05) is 6.61 Å². The van der Waals surface area contributed by atoms with Crippen molar-refractivity contribution in [2.45, 2.75) is 47.6 Å². The third-order valence-corrected chi connectivity index (χ3v) is 5.65. The van der Waals surface area contributed by atoms with Crippen LogP contribution in [0.2, 0.25) is 0 Å². The summed E-state index contributed by atoms with van der Waals surface area (Å²) in [4.78, 5) is 2.00. The molecule has 1 heterocycles. The minimum absolute atomic E-state index is 0.0373. The second kappa shape index (κ2) is 7.19. The first-order chi connectivity index (χ1) is 11.5. The third kappa shape index (κ3) is 3.78. The summed E-state index contributed by atoms with van der Waals surface area (Å²) in [6, 6.07) is 12.1. The second-order valence-corrected chi connectivity index (χ2v) is 7.15. The van der Waals surface area contributed by atoms with Gasteiger partial charge in [0.05, 0.1) is 5.56 Å². The topological polar surface area (TPSA) is 20.2 Å². The van der Waals surface area contributed by atoms with E-state index in [2.05, 4.69) is 6.07 Å². The second-order valence-electron chi connectivity index (χ2n) is 6.06. The van der Waals surface area contributed by atoms with Gasteiger partial charge in [-0.15, -0.1) is 0 Å². The molecule has 2 aromatic carbocycles.